The smallest absolute Gasteiger partial charge is 0.254 e. The van der Waals surface area contributed by atoms with Crippen molar-refractivity contribution in [2.75, 3.05) is 18.4 Å². The molecule has 2 aromatic rings. The van der Waals surface area contributed by atoms with Crippen LogP contribution >= 0.6 is 0 Å². The first kappa shape index (κ1) is 20.1. The monoisotopic (exact) mass is 406 g/mol. The summed E-state index contributed by atoms with van der Waals surface area (Å²) in [6, 6.07) is 16.4. The average molecular weight is 406 g/mol. The summed E-state index contributed by atoms with van der Waals surface area (Å²) in [5.74, 6) is -0.944. The summed E-state index contributed by atoms with van der Waals surface area (Å²) in [5.41, 5.74) is 2.16. The lowest BCUT2D eigenvalue weighted by Gasteiger charge is -2.32. The van der Waals surface area contributed by atoms with Crippen LogP contribution in [0.1, 0.15) is 35.2 Å². The van der Waals surface area contributed by atoms with Gasteiger partial charge < -0.3 is 16.0 Å². The Kier molecular flexibility index (Phi) is 6.09. The summed E-state index contributed by atoms with van der Waals surface area (Å²) < 4.78 is 0. The van der Waals surface area contributed by atoms with E-state index in [1.807, 2.05) is 18.2 Å². The molecule has 2 aromatic carbocycles. The quantitative estimate of drug-likeness (QED) is 0.708. The number of amides is 3. The molecule has 0 radical (unpaired) electrons. The van der Waals surface area contributed by atoms with Crippen LogP contribution in [0.15, 0.2) is 54.6 Å². The van der Waals surface area contributed by atoms with Gasteiger partial charge in [-0.25, -0.2) is 0 Å². The first-order chi connectivity index (χ1) is 14.6. The summed E-state index contributed by atoms with van der Waals surface area (Å²) in [6.45, 7) is 2.74. The first-order valence-electron chi connectivity index (χ1n) is 10.3. The van der Waals surface area contributed by atoms with Crippen LogP contribution in [-0.4, -0.2) is 47.8 Å². The molecule has 7 nitrogen and oxygen atoms in total. The number of nitrogens with one attached hydrogen (secondary N) is 3. The lowest BCUT2D eigenvalue weighted by molar-refractivity contribution is -0.126. The van der Waals surface area contributed by atoms with E-state index in [0.717, 1.165) is 32.5 Å². The second-order valence-corrected chi connectivity index (χ2v) is 7.87. The molecule has 0 spiro atoms. The summed E-state index contributed by atoms with van der Waals surface area (Å²) in [5, 5.41) is 8.43. The molecule has 0 unspecified atom stereocenters. The number of fused-ring (bicyclic) bond motifs is 1. The van der Waals surface area contributed by atoms with E-state index in [1.165, 1.54) is 5.56 Å². The highest BCUT2D eigenvalue weighted by Crippen LogP contribution is 2.19. The van der Waals surface area contributed by atoms with Gasteiger partial charge in [0.2, 0.25) is 11.8 Å². The Morgan fingerprint density at radius 2 is 1.70 bits per heavy atom. The van der Waals surface area contributed by atoms with Gasteiger partial charge in [-0.1, -0.05) is 42.5 Å². The van der Waals surface area contributed by atoms with Gasteiger partial charge in [0.1, 0.15) is 6.04 Å². The predicted octanol–water partition coefficient (Wildman–Crippen LogP) is 1.91. The van der Waals surface area contributed by atoms with Gasteiger partial charge in [0.25, 0.3) is 5.91 Å². The largest absolute Gasteiger partial charge is 0.353 e. The van der Waals surface area contributed by atoms with Crippen LogP contribution in [0.3, 0.4) is 0 Å². The molecule has 2 aliphatic heterocycles. The number of para-hydroxylation sites is 1. The maximum absolute atomic E-state index is 12.5. The molecule has 7 heteroatoms. The number of carbonyl (C=O) groups is 3. The molecule has 4 rings (SSSR count). The zero-order valence-electron chi connectivity index (χ0n) is 16.8. The lowest BCUT2D eigenvalue weighted by Crippen LogP contribution is -2.48. The van der Waals surface area contributed by atoms with Crippen molar-refractivity contribution in [3.05, 3.63) is 65.7 Å². The number of likely N-dealkylation sites (tertiary alicyclic amines) is 1. The van der Waals surface area contributed by atoms with Gasteiger partial charge in [-0.15, -0.1) is 0 Å². The molecule has 1 saturated heterocycles. The molecule has 0 saturated carbocycles. The van der Waals surface area contributed by atoms with Crippen molar-refractivity contribution in [2.45, 2.75) is 37.9 Å². The molecule has 0 aliphatic carbocycles. The summed E-state index contributed by atoms with van der Waals surface area (Å²) in [7, 11) is 0. The highest BCUT2D eigenvalue weighted by molar-refractivity contribution is 6.10. The minimum absolute atomic E-state index is 0.0736. The molecule has 2 aliphatic rings. The van der Waals surface area contributed by atoms with Gasteiger partial charge >= 0.3 is 0 Å². The van der Waals surface area contributed by atoms with Gasteiger partial charge in [-0.2, -0.15) is 0 Å². The molecule has 0 aromatic heterocycles. The SMILES string of the molecule is O=C(C[C@H]1NC(=O)c2ccccc2NC1=O)NC1CCN(Cc2ccccc2)CC1. The summed E-state index contributed by atoms with van der Waals surface area (Å²) in [4.78, 5) is 39.7. The van der Waals surface area contributed by atoms with Crippen LogP contribution in [0.25, 0.3) is 0 Å². The molecule has 156 valence electrons. The van der Waals surface area contributed by atoms with E-state index in [4.69, 9.17) is 0 Å². The minimum Gasteiger partial charge on any atom is -0.353 e. The molecule has 1 atom stereocenters. The van der Waals surface area contributed by atoms with Crippen molar-refractivity contribution in [3.63, 3.8) is 0 Å². The maximum atomic E-state index is 12.5. The van der Waals surface area contributed by atoms with Gasteiger partial charge in [-0.3, -0.25) is 19.3 Å². The predicted molar refractivity (Wildman–Crippen MR) is 114 cm³/mol. The Labute approximate surface area is 175 Å². The number of nitrogens with zero attached hydrogens (tertiary/aromatic N) is 1. The van der Waals surface area contributed by atoms with Gasteiger partial charge in [0, 0.05) is 25.7 Å². The molecule has 0 bridgehead atoms. The highest BCUT2D eigenvalue weighted by Gasteiger charge is 2.30. The van der Waals surface area contributed by atoms with Gasteiger partial charge in [-0.05, 0) is 30.5 Å². The molecule has 2 heterocycles. The summed E-state index contributed by atoms with van der Waals surface area (Å²) in [6.07, 6.45) is 1.66. The third-order valence-electron chi connectivity index (χ3n) is 5.64. The van der Waals surface area contributed by atoms with Crippen LogP contribution in [0.2, 0.25) is 0 Å². The highest BCUT2D eigenvalue weighted by atomic mass is 16.2. The van der Waals surface area contributed by atoms with Crippen molar-refractivity contribution in [1.82, 2.24) is 15.5 Å². The van der Waals surface area contributed by atoms with E-state index < -0.39 is 6.04 Å². The fourth-order valence-electron chi connectivity index (χ4n) is 4.00. The van der Waals surface area contributed by atoms with Crippen molar-refractivity contribution in [1.29, 1.82) is 0 Å². The zero-order valence-corrected chi connectivity index (χ0v) is 16.8. The molecular weight excluding hydrogens is 380 g/mol. The van der Waals surface area contributed by atoms with Crippen LogP contribution in [0.5, 0.6) is 0 Å². The maximum Gasteiger partial charge on any atom is 0.254 e. The van der Waals surface area contributed by atoms with E-state index in [-0.39, 0.29) is 30.2 Å². The Hall–Kier alpha value is -3.19. The average Bonchev–Trinajstić information content (AvgIpc) is 2.86. The number of hydrogen-bond donors (Lipinski definition) is 3. The third kappa shape index (κ3) is 4.86. The van der Waals surface area contributed by atoms with E-state index >= 15 is 0 Å². The minimum atomic E-state index is -0.886. The van der Waals surface area contributed by atoms with Crippen LogP contribution in [0.4, 0.5) is 5.69 Å². The Balaban J connectivity index is 1.26. The Morgan fingerprint density at radius 1 is 1.00 bits per heavy atom. The van der Waals surface area contributed by atoms with Gasteiger partial charge in [0.05, 0.1) is 17.7 Å². The number of anilines is 1. The van der Waals surface area contributed by atoms with E-state index in [2.05, 4.69) is 33.0 Å². The topological polar surface area (TPSA) is 90.5 Å². The standard InChI is InChI=1S/C23H26N4O3/c28-21(14-20-23(30)25-19-9-5-4-8-18(19)22(29)26-20)24-17-10-12-27(13-11-17)15-16-6-2-1-3-7-16/h1-9,17,20H,10-15H2,(H,24,28)(H,25,30)(H,26,29)/t20-/m1/s1. The zero-order chi connectivity index (χ0) is 20.9. The van der Waals surface area contributed by atoms with Gasteiger partial charge in [0.15, 0.2) is 0 Å². The Morgan fingerprint density at radius 3 is 2.47 bits per heavy atom. The van der Waals surface area contributed by atoms with E-state index in [0.29, 0.717) is 11.3 Å². The van der Waals surface area contributed by atoms with Crippen LogP contribution in [-0.2, 0) is 16.1 Å². The molecular formula is C23H26N4O3. The fraction of sp³-hybridized carbons (Fsp3) is 0.348. The number of hydrogen-bond acceptors (Lipinski definition) is 4. The van der Waals surface area contributed by atoms with E-state index in [9.17, 15) is 14.4 Å². The number of benzene rings is 2. The third-order valence-corrected chi connectivity index (χ3v) is 5.64. The fourth-order valence-corrected chi connectivity index (χ4v) is 4.00. The van der Waals surface area contributed by atoms with Crippen LogP contribution < -0.4 is 16.0 Å². The second kappa shape index (κ2) is 9.09. The van der Waals surface area contributed by atoms with E-state index in [1.54, 1.807) is 24.3 Å². The lowest BCUT2D eigenvalue weighted by atomic mass is 10.0. The first-order valence-corrected chi connectivity index (χ1v) is 10.3. The van der Waals surface area contributed by atoms with Crippen molar-refractivity contribution >= 4 is 23.4 Å². The normalized spacial score (nSPS) is 19.9. The molecule has 1 fully saturated rings. The molecule has 3 N–H and O–H groups in total. The van der Waals surface area contributed by atoms with Crippen molar-refractivity contribution in [2.24, 2.45) is 0 Å². The van der Waals surface area contributed by atoms with Crippen molar-refractivity contribution in [3.8, 4) is 0 Å². The number of carbonyl (C=O) groups excluding carboxylic acids is 3. The molecule has 30 heavy (non-hydrogen) atoms. The summed E-state index contributed by atoms with van der Waals surface area (Å²) >= 11 is 0. The number of piperidine rings is 1. The molecule has 3 amide bonds. The Bertz CT molecular complexity index is 923. The number of rotatable bonds is 5. The second-order valence-electron chi connectivity index (χ2n) is 7.87. The van der Waals surface area contributed by atoms with Crippen molar-refractivity contribution < 1.29 is 14.4 Å². The van der Waals surface area contributed by atoms with Crippen LogP contribution in [0, 0.1) is 0 Å².